The van der Waals surface area contributed by atoms with Crippen LogP contribution in [0.2, 0.25) is 0 Å². The Kier molecular flexibility index (Phi) is 6.47. The summed E-state index contributed by atoms with van der Waals surface area (Å²) >= 11 is 4.92. The Bertz CT molecular complexity index is 390. The number of hydrogen-bond donors (Lipinski definition) is 2. The summed E-state index contributed by atoms with van der Waals surface area (Å²) in [6.45, 7) is 2.42. The zero-order chi connectivity index (χ0) is 12.7. The van der Waals surface area contributed by atoms with Crippen LogP contribution in [-0.4, -0.2) is 23.7 Å². The van der Waals surface area contributed by atoms with E-state index in [2.05, 4.69) is 21.2 Å². The molecule has 0 aliphatic rings. The highest BCUT2D eigenvalue weighted by Gasteiger charge is 2.01. The molecule has 1 rings (SSSR count). The van der Waals surface area contributed by atoms with Crippen LogP contribution in [0.4, 0.5) is 0 Å². The van der Waals surface area contributed by atoms with Gasteiger partial charge in [-0.3, -0.25) is 4.79 Å². The maximum Gasteiger partial charge on any atom is 0.244 e. The van der Waals surface area contributed by atoms with Gasteiger partial charge in [0.1, 0.15) is 0 Å². The molecule has 0 aliphatic heterocycles. The number of carbonyl (C=O) groups excluding carboxylic acids is 1. The van der Waals surface area contributed by atoms with Crippen LogP contribution < -0.4 is 5.32 Å². The molecule has 1 unspecified atom stereocenters. The SMILES string of the molecule is CCC(O)CCNC(=O)/C=C/c1cc(Br)cs1. The van der Waals surface area contributed by atoms with Crippen molar-refractivity contribution < 1.29 is 9.90 Å². The standard InChI is InChI=1S/C12H16BrNO2S/c1-2-10(15)5-6-14-12(16)4-3-11-7-9(13)8-17-11/h3-4,7-8,10,15H,2,5-6H2,1H3,(H,14,16)/b4-3+. The normalized spacial score (nSPS) is 12.9. The third-order valence-corrected chi connectivity index (χ3v) is 3.89. The van der Waals surface area contributed by atoms with Crippen LogP contribution in [0, 0.1) is 0 Å². The predicted octanol–water partition coefficient (Wildman–Crippen LogP) is 2.80. The molecule has 1 amide bonds. The minimum atomic E-state index is -0.326. The quantitative estimate of drug-likeness (QED) is 0.793. The maximum absolute atomic E-state index is 11.4. The number of rotatable bonds is 6. The Labute approximate surface area is 114 Å². The molecule has 94 valence electrons. The molecule has 5 heteroatoms. The lowest BCUT2D eigenvalue weighted by Gasteiger charge is -2.06. The van der Waals surface area contributed by atoms with Crippen LogP contribution in [-0.2, 0) is 4.79 Å². The van der Waals surface area contributed by atoms with Gasteiger partial charge in [0.25, 0.3) is 0 Å². The number of amides is 1. The summed E-state index contributed by atoms with van der Waals surface area (Å²) in [5, 5.41) is 14.0. The van der Waals surface area contributed by atoms with Gasteiger partial charge in [-0.2, -0.15) is 0 Å². The lowest BCUT2D eigenvalue weighted by Crippen LogP contribution is -2.25. The topological polar surface area (TPSA) is 49.3 Å². The van der Waals surface area contributed by atoms with E-state index in [1.807, 2.05) is 18.4 Å². The average Bonchev–Trinajstić information content (AvgIpc) is 2.72. The highest BCUT2D eigenvalue weighted by Crippen LogP contribution is 2.20. The van der Waals surface area contributed by atoms with Crippen molar-refractivity contribution in [3.8, 4) is 0 Å². The maximum atomic E-state index is 11.4. The van der Waals surface area contributed by atoms with Gasteiger partial charge in [-0.25, -0.2) is 0 Å². The molecule has 0 saturated heterocycles. The van der Waals surface area contributed by atoms with Crippen molar-refractivity contribution in [3.63, 3.8) is 0 Å². The molecule has 1 aromatic rings. The van der Waals surface area contributed by atoms with Crippen molar-refractivity contribution in [3.05, 3.63) is 26.9 Å². The highest BCUT2D eigenvalue weighted by atomic mass is 79.9. The summed E-state index contributed by atoms with van der Waals surface area (Å²) in [6, 6.07) is 1.95. The highest BCUT2D eigenvalue weighted by molar-refractivity contribution is 9.10. The van der Waals surface area contributed by atoms with Gasteiger partial charge in [-0.15, -0.1) is 11.3 Å². The van der Waals surface area contributed by atoms with E-state index in [0.29, 0.717) is 13.0 Å². The second-order valence-electron chi connectivity index (χ2n) is 3.64. The zero-order valence-electron chi connectivity index (χ0n) is 9.65. The van der Waals surface area contributed by atoms with Gasteiger partial charge in [0.2, 0.25) is 5.91 Å². The van der Waals surface area contributed by atoms with E-state index in [1.165, 1.54) is 6.08 Å². The van der Waals surface area contributed by atoms with Gasteiger partial charge in [-0.1, -0.05) is 6.92 Å². The van der Waals surface area contributed by atoms with Gasteiger partial charge in [0.15, 0.2) is 0 Å². The first-order valence-corrected chi connectivity index (χ1v) is 7.17. The number of nitrogens with one attached hydrogen (secondary N) is 1. The second kappa shape index (κ2) is 7.63. The number of halogens is 1. The molecule has 1 aromatic heterocycles. The van der Waals surface area contributed by atoms with Crippen LogP contribution in [0.15, 0.2) is 22.0 Å². The fraction of sp³-hybridized carbons (Fsp3) is 0.417. The lowest BCUT2D eigenvalue weighted by atomic mass is 10.2. The first-order chi connectivity index (χ1) is 8.11. The van der Waals surface area contributed by atoms with Crippen molar-refractivity contribution in [1.29, 1.82) is 0 Å². The van der Waals surface area contributed by atoms with E-state index in [0.717, 1.165) is 15.8 Å². The summed E-state index contributed by atoms with van der Waals surface area (Å²) < 4.78 is 1.02. The Morgan fingerprint density at radius 1 is 1.71 bits per heavy atom. The Balaban J connectivity index is 2.27. The second-order valence-corrected chi connectivity index (χ2v) is 5.50. The van der Waals surface area contributed by atoms with E-state index in [1.54, 1.807) is 17.4 Å². The van der Waals surface area contributed by atoms with Gasteiger partial charge < -0.3 is 10.4 Å². The lowest BCUT2D eigenvalue weighted by molar-refractivity contribution is -0.116. The van der Waals surface area contributed by atoms with Gasteiger partial charge in [0, 0.05) is 27.4 Å². The van der Waals surface area contributed by atoms with Crippen molar-refractivity contribution in [2.45, 2.75) is 25.9 Å². The Morgan fingerprint density at radius 2 is 2.47 bits per heavy atom. The zero-order valence-corrected chi connectivity index (χ0v) is 12.1. The van der Waals surface area contributed by atoms with Crippen molar-refractivity contribution in [2.24, 2.45) is 0 Å². The number of aliphatic hydroxyl groups excluding tert-OH is 1. The number of aliphatic hydroxyl groups is 1. The fourth-order valence-electron chi connectivity index (χ4n) is 1.20. The first kappa shape index (κ1) is 14.4. The summed E-state index contributed by atoms with van der Waals surface area (Å²) in [4.78, 5) is 12.4. The molecule has 17 heavy (non-hydrogen) atoms. The molecular formula is C12H16BrNO2S. The molecule has 0 spiro atoms. The van der Waals surface area contributed by atoms with Crippen LogP contribution in [0.3, 0.4) is 0 Å². The minimum absolute atomic E-state index is 0.127. The Morgan fingerprint density at radius 3 is 3.06 bits per heavy atom. The van der Waals surface area contributed by atoms with Crippen molar-refractivity contribution in [1.82, 2.24) is 5.32 Å². The van der Waals surface area contributed by atoms with Gasteiger partial charge >= 0.3 is 0 Å². The smallest absolute Gasteiger partial charge is 0.244 e. The van der Waals surface area contributed by atoms with Crippen molar-refractivity contribution >= 4 is 39.2 Å². The van der Waals surface area contributed by atoms with E-state index in [9.17, 15) is 9.90 Å². The van der Waals surface area contributed by atoms with E-state index in [-0.39, 0.29) is 12.0 Å². The third kappa shape index (κ3) is 6.00. The first-order valence-electron chi connectivity index (χ1n) is 5.49. The molecule has 0 fully saturated rings. The van der Waals surface area contributed by atoms with Crippen LogP contribution in [0.5, 0.6) is 0 Å². The monoisotopic (exact) mass is 317 g/mol. The fourth-order valence-corrected chi connectivity index (χ4v) is 2.54. The molecule has 1 atom stereocenters. The van der Waals surface area contributed by atoms with E-state index < -0.39 is 0 Å². The van der Waals surface area contributed by atoms with E-state index >= 15 is 0 Å². The summed E-state index contributed by atoms with van der Waals surface area (Å²) in [6.07, 6.45) is 4.28. The number of thiophene rings is 1. The summed E-state index contributed by atoms with van der Waals surface area (Å²) in [5.41, 5.74) is 0. The molecule has 0 saturated carbocycles. The average molecular weight is 318 g/mol. The van der Waals surface area contributed by atoms with Crippen LogP contribution in [0.25, 0.3) is 6.08 Å². The minimum Gasteiger partial charge on any atom is -0.393 e. The van der Waals surface area contributed by atoms with Crippen LogP contribution in [0.1, 0.15) is 24.6 Å². The molecule has 2 N–H and O–H groups in total. The Hall–Kier alpha value is -0.650. The van der Waals surface area contributed by atoms with Crippen molar-refractivity contribution in [2.75, 3.05) is 6.54 Å². The van der Waals surface area contributed by atoms with Gasteiger partial charge in [-0.05, 0) is 40.9 Å². The number of carbonyl (C=O) groups is 1. The molecule has 0 bridgehead atoms. The van der Waals surface area contributed by atoms with Crippen LogP contribution >= 0.6 is 27.3 Å². The van der Waals surface area contributed by atoms with E-state index in [4.69, 9.17) is 0 Å². The molecular weight excluding hydrogens is 302 g/mol. The molecule has 3 nitrogen and oxygen atoms in total. The molecule has 1 heterocycles. The summed E-state index contributed by atoms with van der Waals surface area (Å²) in [7, 11) is 0. The number of hydrogen-bond acceptors (Lipinski definition) is 3. The van der Waals surface area contributed by atoms with Gasteiger partial charge in [0.05, 0.1) is 6.10 Å². The molecule has 0 aromatic carbocycles. The summed E-state index contributed by atoms with van der Waals surface area (Å²) in [5.74, 6) is -0.127. The largest absolute Gasteiger partial charge is 0.393 e. The third-order valence-electron chi connectivity index (χ3n) is 2.23. The predicted molar refractivity (Wildman–Crippen MR) is 75.0 cm³/mol. The molecule has 0 radical (unpaired) electrons. The molecule has 0 aliphatic carbocycles.